The first kappa shape index (κ1) is 18.9. The number of nitrogens with one attached hydrogen (secondary N) is 2. The fraction of sp³-hybridized carbons (Fsp3) is 0.111. The molecule has 0 saturated heterocycles. The molecular weight excluding hydrogens is 393 g/mol. The smallest absolute Gasteiger partial charge is 0.339 e. The summed E-state index contributed by atoms with van der Waals surface area (Å²) in [7, 11) is 0. The standard InChI is InChI=1S/C18H13Cl2N3O4/c1-9(17(25)23-16-13(20)6-10(19)8-21-16)27-18(26)12-7-15(24)22-14-5-3-2-4-11(12)14/h2-9H,1H3,(H,22,24)(H,21,23,25)/t9-/m0/s1. The van der Waals surface area contributed by atoms with Gasteiger partial charge in [0, 0.05) is 23.2 Å². The van der Waals surface area contributed by atoms with E-state index in [1.165, 1.54) is 19.2 Å². The Kier molecular flexibility index (Phi) is 5.43. The van der Waals surface area contributed by atoms with Gasteiger partial charge in [0.15, 0.2) is 11.9 Å². The molecule has 0 spiro atoms. The number of anilines is 1. The second-order valence-electron chi connectivity index (χ2n) is 5.61. The second kappa shape index (κ2) is 7.77. The number of hydrogen-bond acceptors (Lipinski definition) is 5. The lowest BCUT2D eigenvalue weighted by Gasteiger charge is -2.14. The summed E-state index contributed by atoms with van der Waals surface area (Å²) < 4.78 is 5.20. The summed E-state index contributed by atoms with van der Waals surface area (Å²) in [5.74, 6) is -1.33. The summed E-state index contributed by atoms with van der Waals surface area (Å²) in [6.45, 7) is 1.40. The number of benzene rings is 1. The van der Waals surface area contributed by atoms with Crippen molar-refractivity contribution in [2.75, 3.05) is 5.32 Å². The van der Waals surface area contributed by atoms with Crippen LogP contribution in [0.2, 0.25) is 10.0 Å². The van der Waals surface area contributed by atoms with Crippen molar-refractivity contribution >= 4 is 51.8 Å². The van der Waals surface area contributed by atoms with Gasteiger partial charge >= 0.3 is 5.97 Å². The van der Waals surface area contributed by atoms with Crippen molar-refractivity contribution in [3.8, 4) is 0 Å². The van der Waals surface area contributed by atoms with E-state index in [0.29, 0.717) is 15.9 Å². The van der Waals surface area contributed by atoms with Gasteiger partial charge in [0.25, 0.3) is 5.91 Å². The lowest BCUT2D eigenvalue weighted by atomic mass is 10.1. The molecule has 138 valence electrons. The molecule has 0 bridgehead atoms. The number of aromatic nitrogens is 2. The Hall–Kier alpha value is -2.90. The molecule has 7 nitrogen and oxygen atoms in total. The predicted molar refractivity (Wildman–Crippen MR) is 102 cm³/mol. The molecule has 1 amide bonds. The molecule has 2 aromatic heterocycles. The molecule has 0 saturated carbocycles. The maximum absolute atomic E-state index is 12.5. The van der Waals surface area contributed by atoms with Crippen molar-refractivity contribution in [2.45, 2.75) is 13.0 Å². The number of para-hydroxylation sites is 1. The van der Waals surface area contributed by atoms with Crippen LogP contribution in [0.5, 0.6) is 0 Å². The van der Waals surface area contributed by atoms with Crippen LogP contribution in [0, 0.1) is 0 Å². The number of fused-ring (bicyclic) bond motifs is 1. The van der Waals surface area contributed by atoms with Crippen LogP contribution in [0.25, 0.3) is 10.9 Å². The van der Waals surface area contributed by atoms with Crippen molar-refractivity contribution < 1.29 is 14.3 Å². The van der Waals surface area contributed by atoms with Crippen LogP contribution < -0.4 is 10.9 Å². The van der Waals surface area contributed by atoms with E-state index >= 15 is 0 Å². The van der Waals surface area contributed by atoms with Gasteiger partial charge in [0.2, 0.25) is 5.56 Å². The second-order valence-corrected chi connectivity index (χ2v) is 6.46. The number of rotatable bonds is 4. The van der Waals surface area contributed by atoms with Gasteiger partial charge in [-0.2, -0.15) is 0 Å². The van der Waals surface area contributed by atoms with Crippen molar-refractivity contribution in [3.63, 3.8) is 0 Å². The molecule has 1 aromatic carbocycles. The van der Waals surface area contributed by atoms with Gasteiger partial charge in [-0.25, -0.2) is 9.78 Å². The van der Waals surface area contributed by atoms with Crippen molar-refractivity contribution in [3.05, 3.63) is 68.6 Å². The van der Waals surface area contributed by atoms with Gasteiger partial charge in [0.05, 0.1) is 15.6 Å². The highest BCUT2D eigenvalue weighted by atomic mass is 35.5. The van der Waals surface area contributed by atoms with Crippen LogP contribution in [-0.4, -0.2) is 27.9 Å². The van der Waals surface area contributed by atoms with E-state index in [1.54, 1.807) is 24.3 Å². The average molecular weight is 406 g/mol. The number of aromatic amines is 1. The third-order valence-corrected chi connectivity index (χ3v) is 4.17. The zero-order valence-electron chi connectivity index (χ0n) is 14.0. The minimum Gasteiger partial charge on any atom is -0.449 e. The fourth-order valence-electron chi connectivity index (χ4n) is 2.38. The number of pyridine rings is 2. The molecule has 0 fully saturated rings. The summed E-state index contributed by atoms with van der Waals surface area (Å²) >= 11 is 11.7. The van der Waals surface area contributed by atoms with Crippen molar-refractivity contribution in [1.29, 1.82) is 0 Å². The number of carbonyl (C=O) groups is 2. The average Bonchev–Trinajstić information content (AvgIpc) is 2.63. The van der Waals surface area contributed by atoms with Crippen LogP contribution in [0.15, 0.2) is 47.4 Å². The molecule has 3 aromatic rings. The van der Waals surface area contributed by atoms with Gasteiger partial charge in [-0.3, -0.25) is 9.59 Å². The fourth-order valence-corrected chi connectivity index (χ4v) is 2.80. The number of nitrogens with zero attached hydrogens (tertiary/aromatic N) is 1. The number of amides is 1. The Morgan fingerprint density at radius 3 is 2.70 bits per heavy atom. The topological polar surface area (TPSA) is 101 Å². The Balaban J connectivity index is 1.78. The SMILES string of the molecule is C[C@H](OC(=O)c1cc(=O)[nH]c2ccccc12)C(=O)Nc1ncc(Cl)cc1Cl. The monoisotopic (exact) mass is 405 g/mol. The Morgan fingerprint density at radius 1 is 1.22 bits per heavy atom. The first-order chi connectivity index (χ1) is 12.8. The molecular formula is C18H13Cl2N3O4. The van der Waals surface area contributed by atoms with E-state index < -0.39 is 23.5 Å². The van der Waals surface area contributed by atoms with E-state index in [2.05, 4.69) is 15.3 Å². The van der Waals surface area contributed by atoms with Crippen LogP contribution in [0.3, 0.4) is 0 Å². The zero-order chi connectivity index (χ0) is 19.6. The largest absolute Gasteiger partial charge is 0.449 e. The lowest BCUT2D eigenvalue weighted by molar-refractivity contribution is -0.123. The van der Waals surface area contributed by atoms with Crippen LogP contribution in [0.1, 0.15) is 17.3 Å². The van der Waals surface area contributed by atoms with Crippen molar-refractivity contribution in [1.82, 2.24) is 9.97 Å². The molecule has 2 heterocycles. The molecule has 1 atom stereocenters. The molecule has 0 aliphatic rings. The van der Waals surface area contributed by atoms with Crippen LogP contribution in [0.4, 0.5) is 5.82 Å². The highest BCUT2D eigenvalue weighted by molar-refractivity contribution is 6.36. The first-order valence-corrected chi connectivity index (χ1v) is 8.55. The number of ether oxygens (including phenoxy) is 1. The minimum absolute atomic E-state index is 0.0663. The maximum atomic E-state index is 12.5. The van der Waals surface area contributed by atoms with Gasteiger partial charge in [-0.15, -0.1) is 0 Å². The van der Waals surface area contributed by atoms with E-state index in [0.717, 1.165) is 6.07 Å². The normalized spacial score (nSPS) is 11.8. The number of carbonyl (C=O) groups excluding carboxylic acids is 2. The molecule has 0 aliphatic heterocycles. The highest BCUT2D eigenvalue weighted by Crippen LogP contribution is 2.23. The number of esters is 1. The molecule has 9 heteroatoms. The van der Waals surface area contributed by atoms with E-state index in [9.17, 15) is 14.4 Å². The highest BCUT2D eigenvalue weighted by Gasteiger charge is 2.22. The molecule has 0 radical (unpaired) electrons. The zero-order valence-corrected chi connectivity index (χ0v) is 15.5. The summed E-state index contributed by atoms with van der Waals surface area (Å²) in [6, 6.07) is 9.34. The molecule has 0 aliphatic carbocycles. The summed E-state index contributed by atoms with van der Waals surface area (Å²) in [5, 5.41) is 3.43. The van der Waals surface area contributed by atoms with Gasteiger partial charge in [-0.05, 0) is 19.1 Å². The Morgan fingerprint density at radius 2 is 1.96 bits per heavy atom. The number of hydrogen-bond donors (Lipinski definition) is 2. The Labute approximate surface area is 163 Å². The number of H-pyrrole nitrogens is 1. The van der Waals surface area contributed by atoms with E-state index in [1.807, 2.05) is 0 Å². The van der Waals surface area contributed by atoms with E-state index in [4.69, 9.17) is 27.9 Å². The lowest BCUT2D eigenvalue weighted by Crippen LogP contribution is -2.30. The summed E-state index contributed by atoms with van der Waals surface area (Å²) in [4.78, 5) is 43.0. The third-order valence-electron chi connectivity index (χ3n) is 3.67. The number of halogens is 2. The summed E-state index contributed by atoms with van der Waals surface area (Å²) in [5.41, 5.74) is 0.109. The van der Waals surface area contributed by atoms with E-state index in [-0.39, 0.29) is 16.4 Å². The predicted octanol–water partition coefficient (Wildman–Crippen LogP) is 3.41. The van der Waals surface area contributed by atoms with Crippen molar-refractivity contribution in [2.24, 2.45) is 0 Å². The van der Waals surface area contributed by atoms with Gasteiger partial charge < -0.3 is 15.0 Å². The van der Waals surface area contributed by atoms with Crippen LogP contribution >= 0.6 is 23.2 Å². The molecule has 2 N–H and O–H groups in total. The van der Waals surface area contributed by atoms with Gasteiger partial charge in [0.1, 0.15) is 0 Å². The minimum atomic E-state index is -1.15. The molecule has 3 rings (SSSR count). The maximum Gasteiger partial charge on any atom is 0.339 e. The third kappa shape index (κ3) is 4.27. The Bertz CT molecular complexity index is 1100. The van der Waals surface area contributed by atoms with Crippen LogP contribution in [-0.2, 0) is 9.53 Å². The molecule has 27 heavy (non-hydrogen) atoms. The molecule has 0 unspecified atom stereocenters. The summed E-state index contributed by atoms with van der Waals surface area (Å²) in [6.07, 6.45) is 0.173. The first-order valence-electron chi connectivity index (χ1n) is 7.80. The quantitative estimate of drug-likeness (QED) is 0.647. The van der Waals surface area contributed by atoms with Gasteiger partial charge in [-0.1, -0.05) is 41.4 Å².